The van der Waals surface area contributed by atoms with E-state index < -0.39 is 17.7 Å². The Bertz CT molecular complexity index is 1230. The molecule has 4 aromatic carbocycles. The molecule has 3 fully saturated rings. The zero-order chi connectivity index (χ0) is 24.4. The summed E-state index contributed by atoms with van der Waals surface area (Å²) in [7, 11) is 11.6. The molecule has 0 N–H and O–H groups in total. The van der Waals surface area contributed by atoms with E-state index >= 15 is 0 Å². The molecule has 0 atom stereocenters. The summed E-state index contributed by atoms with van der Waals surface area (Å²) in [6, 6.07) is 24.0. The van der Waals surface area contributed by atoms with Crippen LogP contribution in [0, 0.1) is 19.8 Å². The van der Waals surface area contributed by atoms with Crippen LogP contribution < -0.4 is 0 Å². The first-order valence-electron chi connectivity index (χ1n) is 13.2. The predicted octanol–water partition coefficient (Wildman–Crippen LogP) is 10.2. The van der Waals surface area contributed by atoms with Gasteiger partial charge in [-0.1, -0.05) is 37.1 Å². The normalized spacial score (nSPS) is 17.3. The topological polar surface area (TPSA) is 0 Å². The molecule has 0 saturated heterocycles. The van der Waals surface area contributed by atoms with E-state index in [9.17, 15) is 0 Å². The number of aryl methyl sites for hydroxylation is 2. The van der Waals surface area contributed by atoms with Crippen LogP contribution in [0.5, 0.6) is 0 Å². The number of halogens is 2. The Labute approximate surface area is 226 Å². The molecule has 0 unspecified atom stereocenters. The summed E-state index contributed by atoms with van der Waals surface area (Å²) in [6.45, 7) is 4.35. The molecule has 0 nitrogen and oxygen atoms in total. The van der Waals surface area contributed by atoms with Crippen molar-refractivity contribution in [2.45, 2.75) is 76.7 Å². The van der Waals surface area contributed by atoms with E-state index in [0.29, 0.717) is 0 Å². The molecule has 35 heavy (non-hydrogen) atoms. The van der Waals surface area contributed by atoms with E-state index in [1.807, 2.05) is 0 Å². The van der Waals surface area contributed by atoms with E-state index in [4.69, 9.17) is 17.2 Å². The summed E-state index contributed by atoms with van der Waals surface area (Å²) in [4.78, 5) is 0. The van der Waals surface area contributed by atoms with Crippen molar-refractivity contribution in [1.82, 2.24) is 0 Å². The summed E-state index contributed by atoms with van der Waals surface area (Å²) in [5.41, 5.74) is 5.93. The molecule has 3 aliphatic carbocycles. The van der Waals surface area contributed by atoms with Crippen LogP contribution in [-0.2, 0) is 17.7 Å². The third-order valence-electron chi connectivity index (χ3n) is 7.64. The molecule has 3 aliphatic rings. The van der Waals surface area contributed by atoms with Crippen LogP contribution in [0.1, 0.15) is 79.0 Å². The fraction of sp³-hybridized carbons (Fsp3) is 0.419. The Kier molecular flexibility index (Phi) is 8.75. The molecule has 1 radical (unpaired) electrons. The van der Waals surface area contributed by atoms with Crippen LogP contribution in [0.25, 0.3) is 21.5 Å². The summed E-state index contributed by atoms with van der Waals surface area (Å²) < 4.78 is 0. The molecule has 4 heteroatoms. The molecule has 0 aliphatic heterocycles. The van der Waals surface area contributed by atoms with Gasteiger partial charge in [0.05, 0.1) is 0 Å². The van der Waals surface area contributed by atoms with Gasteiger partial charge in [-0.3, -0.25) is 0 Å². The van der Waals surface area contributed by atoms with Gasteiger partial charge in [0.1, 0.15) is 0 Å². The first kappa shape index (κ1) is 26.0. The zero-order valence-electron chi connectivity index (χ0n) is 20.9. The Morgan fingerprint density at radius 2 is 1.26 bits per heavy atom. The van der Waals surface area contributed by atoms with Crippen LogP contribution in [-0.4, -0.2) is 6.22 Å². The van der Waals surface area contributed by atoms with Crippen LogP contribution in [0.15, 0.2) is 60.7 Å². The second-order valence-corrected chi connectivity index (χ2v) is 34.2. The minimum atomic E-state index is -1.84. The van der Waals surface area contributed by atoms with Crippen molar-refractivity contribution < 1.29 is 17.7 Å². The van der Waals surface area contributed by atoms with Gasteiger partial charge < -0.3 is 0 Å². The number of hydrogen-bond donors (Lipinski definition) is 0. The Morgan fingerprint density at radius 1 is 0.771 bits per heavy atom. The minimum absolute atomic E-state index is 0.866. The van der Waals surface area contributed by atoms with Gasteiger partial charge in [0.25, 0.3) is 0 Å². The molecule has 0 heterocycles. The number of fused-ring (bicyclic) bond motifs is 2. The van der Waals surface area contributed by atoms with Crippen molar-refractivity contribution in [3.63, 3.8) is 0 Å². The van der Waals surface area contributed by atoms with Gasteiger partial charge in [0.15, 0.2) is 0 Å². The second-order valence-electron chi connectivity index (χ2n) is 10.8. The molecule has 7 rings (SSSR count). The van der Waals surface area contributed by atoms with E-state index in [1.54, 1.807) is 11.1 Å². The van der Waals surface area contributed by atoms with Gasteiger partial charge in [0, 0.05) is 0 Å². The Morgan fingerprint density at radius 3 is 1.63 bits per heavy atom. The molecule has 0 amide bonds. The number of rotatable bonds is 4. The van der Waals surface area contributed by atoms with Crippen LogP contribution in [0.4, 0.5) is 0 Å². The molecule has 0 aromatic heterocycles. The predicted molar refractivity (Wildman–Crippen MR) is 152 cm³/mol. The van der Waals surface area contributed by atoms with Crippen LogP contribution in [0.3, 0.4) is 0 Å². The van der Waals surface area contributed by atoms with Gasteiger partial charge in [-0.05, 0) is 37.5 Å². The van der Waals surface area contributed by atoms with Gasteiger partial charge in [-0.25, -0.2) is 0 Å². The molecule has 4 aromatic rings. The van der Waals surface area contributed by atoms with E-state index in [2.05, 4.69) is 74.5 Å². The Balaban J connectivity index is 0.000000111. The van der Waals surface area contributed by atoms with Crippen molar-refractivity contribution in [3.05, 3.63) is 82.9 Å². The molecule has 0 spiro atoms. The SMILES string of the molecule is Cc1cc2c(C3CC3)cccc2[cH-]1.Cc1cc2c(C3CC3)cccc2[cH-]1.[Cl][Hf]([Cl])=[Si]CC1CCC1. The molecular formula is C31H35Cl2HfSi-2. The van der Waals surface area contributed by atoms with Crippen molar-refractivity contribution >= 4 is 44.9 Å². The monoisotopic (exact) mass is 685 g/mol. The number of benzene rings is 2. The van der Waals surface area contributed by atoms with Crippen molar-refractivity contribution in [2.24, 2.45) is 5.92 Å². The van der Waals surface area contributed by atoms with Crippen molar-refractivity contribution in [1.29, 1.82) is 0 Å². The summed E-state index contributed by atoms with van der Waals surface area (Å²) in [5.74, 6) is 2.75. The zero-order valence-corrected chi connectivity index (χ0v) is 27.0. The standard InChI is InChI=1S/2C13H13.C5H9Si.2ClH.Hf/c2*1-9-7-11-3-2-4-12(10-5-6-10)13(11)8-9;6-4-5-2-1-3-5;;;/h2*2-4,7-8,10H,5-6H2,1H3;5H,1-4H2;2*1H;/q2*-1;;;;+2/p-2. The Hall–Kier alpha value is -0.673. The van der Waals surface area contributed by atoms with Crippen molar-refractivity contribution in [2.75, 3.05) is 0 Å². The first-order valence-corrected chi connectivity index (χ1v) is 28.7. The quantitative estimate of drug-likeness (QED) is 0.148. The van der Waals surface area contributed by atoms with Crippen molar-refractivity contribution in [3.8, 4) is 0 Å². The van der Waals surface area contributed by atoms with E-state index in [0.717, 1.165) is 24.0 Å². The number of hydrogen-bond acceptors (Lipinski definition) is 0. The van der Waals surface area contributed by atoms with E-state index in [1.165, 1.54) is 83.7 Å². The summed E-state index contributed by atoms with van der Waals surface area (Å²) >= 11 is -1.84. The molecule has 3 saturated carbocycles. The molecular weight excluding hydrogens is 650 g/mol. The fourth-order valence-electron chi connectivity index (χ4n) is 5.24. The van der Waals surface area contributed by atoms with Crippen LogP contribution >= 0.6 is 17.2 Å². The second kappa shape index (κ2) is 11.8. The first-order chi connectivity index (χ1) is 17.0. The maximum atomic E-state index is 5.79. The van der Waals surface area contributed by atoms with Gasteiger partial charge >= 0.3 is 72.3 Å². The fourth-order valence-corrected chi connectivity index (χ4v) is 14.7. The summed E-state index contributed by atoms with van der Waals surface area (Å²) in [5, 5.41) is 5.81. The maximum absolute atomic E-state index is 5.79. The van der Waals surface area contributed by atoms with Gasteiger partial charge in [-0.2, -0.15) is 12.1 Å². The third kappa shape index (κ3) is 7.01. The average molecular weight is 685 g/mol. The summed E-state index contributed by atoms with van der Waals surface area (Å²) in [6.07, 6.45) is 10.9. The third-order valence-corrected chi connectivity index (χ3v) is 20.3. The van der Waals surface area contributed by atoms with Crippen LogP contribution in [0.2, 0.25) is 6.04 Å². The molecule has 183 valence electrons. The van der Waals surface area contributed by atoms with E-state index in [-0.39, 0.29) is 0 Å². The van der Waals surface area contributed by atoms with Gasteiger partial charge in [-0.15, -0.1) is 69.1 Å². The molecule has 0 bridgehead atoms. The van der Waals surface area contributed by atoms with Gasteiger partial charge in [0.2, 0.25) is 0 Å². The average Bonchev–Trinajstić information content (AvgIpc) is 3.71.